The van der Waals surface area contributed by atoms with Crippen LogP contribution in [0, 0.1) is 0 Å². The summed E-state index contributed by atoms with van der Waals surface area (Å²) in [6, 6.07) is 10.4. The number of halogens is 1. The molecule has 0 spiro atoms. The second kappa shape index (κ2) is 6.93. The van der Waals surface area contributed by atoms with Gasteiger partial charge in [0, 0.05) is 17.5 Å². The summed E-state index contributed by atoms with van der Waals surface area (Å²) in [6.45, 7) is 4.16. The Morgan fingerprint density at radius 1 is 1.22 bits per heavy atom. The highest BCUT2D eigenvalue weighted by Gasteiger charge is 2.12. The summed E-state index contributed by atoms with van der Waals surface area (Å²) in [5.41, 5.74) is 2.77. The van der Waals surface area contributed by atoms with Gasteiger partial charge in [-0.15, -0.1) is 0 Å². The summed E-state index contributed by atoms with van der Waals surface area (Å²) in [6.07, 6.45) is 1.08. The summed E-state index contributed by atoms with van der Waals surface area (Å²) in [4.78, 5) is 0. The second-order valence-electron chi connectivity index (χ2n) is 4.39. The Labute approximate surface area is 118 Å². The Hall–Kier alpha value is -0.830. The molecule has 2 rings (SSSR count). The standard InChI is InChI=1S/C15H18ClNS/c1-2-17-10-14(9-12-7-8-18-11-12)13-3-5-15(16)6-4-13/h3-8,11,14,17H,2,9-10H2,1H3. The van der Waals surface area contributed by atoms with Crippen molar-refractivity contribution in [1.29, 1.82) is 0 Å². The van der Waals surface area contributed by atoms with Gasteiger partial charge in [0.2, 0.25) is 0 Å². The van der Waals surface area contributed by atoms with Gasteiger partial charge in [-0.2, -0.15) is 11.3 Å². The largest absolute Gasteiger partial charge is 0.316 e. The maximum Gasteiger partial charge on any atom is 0.0406 e. The lowest BCUT2D eigenvalue weighted by Gasteiger charge is -2.17. The monoisotopic (exact) mass is 279 g/mol. The zero-order valence-corrected chi connectivity index (χ0v) is 12.1. The van der Waals surface area contributed by atoms with E-state index >= 15 is 0 Å². The van der Waals surface area contributed by atoms with E-state index in [1.807, 2.05) is 12.1 Å². The van der Waals surface area contributed by atoms with Gasteiger partial charge in [0.15, 0.2) is 0 Å². The molecule has 1 atom stereocenters. The molecular formula is C15H18ClNS. The molecule has 18 heavy (non-hydrogen) atoms. The minimum atomic E-state index is 0.511. The lowest BCUT2D eigenvalue weighted by atomic mass is 9.93. The molecule has 1 nitrogen and oxygen atoms in total. The number of rotatable bonds is 6. The lowest BCUT2D eigenvalue weighted by molar-refractivity contribution is 0.595. The highest BCUT2D eigenvalue weighted by Crippen LogP contribution is 2.23. The molecule has 1 N–H and O–H groups in total. The Kier molecular flexibility index (Phi) is 5.24. The molecular weight excluding hydrogens is 262 g/mol. The molecule has 1 unspecified atom stereocenters. The van der Waals surface area contributed by atoms with Crippen molar-refractivity contribution in [2.24, 2.45) is 0 Å². The van der Waals surface area contributed by atoms with E-state index in [-0.39, 0.29) is 0 Å². The summed E-state index contributed by atoms with van der Waals surface area (Å²) >= 11 is 7.71. The van der Waals surface area contributed by atoms with Gasteiger partial charge in [0.05, 0.1) is 0 Å². The fourth-order valence-corrected chi connectivity index (χ4v) is 2.86. The van der Waals surface area contributed by atoms with E-state index in [9.17, 15) is 0 Å². The van der Waals surface area contributed by atoms with E-state index in [0.29, 0.717) is 5.92 Å². The van der Waals surface area contributed by atoms with Gasteiger partial charge in [-0.3, -0.25) is 0 Å². The molecule has 0 amide bonds. The molecule has 0 radical (unpaired) electrons. The normalized spacial score (nSPS) is 12.6. The van der Waals surface area contributed by atoms with Crippen LogP contribution in [0.3, 0.4) is 0 Å². The summed E-state index contributed by atoms with van der Waals surface area (Å²) in [5, 5.41) is 8.62. The van der Waals surface area contributed by atoms with Crippen molar-refractivity contribution in [3.63, 3.8) is 0 Å². The lowest BCUT2D eigenvalue weighted by Crippen LogP contribution is -2.22. The first-order valence-corrected chi connectivity index (χ1v) is 7.59. The number of nitrogens with one attached hydrogen (secondary N) is 1. The number of hydrogen-bond acceptors (Lipinski definition) is 2. The quantitative estimate of drug-likeness (QED) is 0.830. The van der Waals surface area contributed by atoms with Crippen molar-refractivity contribution < 1.29 is 0 Å². The van der Waals surface area contributed by atoms with E-state index in [4.69, 9.17) is 11.6 Å². The zero-order chi connectivity index (χ0) is 12.8. The fraction of sp³-hybridized carbons (Fsp3) is 0.333. The minimum absolute atomic E-state index is 0.511. The molecule has 0 aliphatic carbocycles. The van der Waals surface area contributed by atoms with Gasteiger partial charge in [-0.25, -0.2) is 0 Å². The van der Waals surface area contributed by atoms with Gasteiger partial charge in [0.25, 0.3) is 0 Å². The summed E-state index contributed by atoms with van der Waals surface area (Å²) in [7, 11) is 0. The van der Waals surface area contributed by atoms with Crippen molar-refractivity contribution >= 4 is 22.9 Å². The molecule has 0 bridgehead atoms. The van der Waals surface area contributed by atoms with E-state index in [1.54, 1.807) is 11.3 Å². The third kappa shape index (κ3) is 3.84. The van der Waals surface area contributed by atoms with Crippen LogP contribution in [0.4, 0.5) is 0 Å². The van der Waals surface area contributed by atoms with Crippen LogP contribution in [0.1, 0.15) is 24.0 Å². The van der Waals surface area contributed by atoms with Crippen LogP contribution in [0.5, 0.6) is 0 Å². The van der Waals surface area contributed by atoms with Gasteiger partial charge in [-0.05, 0) is 53.1 Å². The number of hydrogen-bond donors (Lipinski definition) is 1. The summed E-state index contributed by atoms with van der Waals surface area (Å²) in [5.74, 6) is 0.511. The average molecular weight is 280 g/mol. The smallest absolute Gasteiger partial charge is 0.0406 e. The number of likely N-dealkylation sites (N-methyl/N-ethyl adjacent to an activating group) is 1. The van der Waals surface area contributed by atoms with Crippen LogP contribution < -0.4 is 5.32 Å². The van der Waals surface area contributed by atoms with Crippen LogP contribution in [0.25, 0.3) is 0 Å². The van der Waals surface area contributed by atoms with Crippen molar-refractivity contribution in [2.75, 3.05) is 13.1 Å². The third-order valence-corrected chi connectivity index (χ3v) is 4.03. The second-order valence-corrected chi connectivity index (χ2v) is 5.61. The number of benzene rings is 1. The van der Waals surface area contributed by atoms with Crippen LogP contribution >= 0.6 is 22.9 Å². The fourth-order valence-electron chi connectivity index (χ4n) is 2.05. The molecule has 1 heterocycles. The third-order valence-electron chi connectivity index (χ3n) is 3.04. The maximum atomic E-state index is 5.95. The van der Waals surface area contributed by atoms with Gasteiger partial charge in [-0.1, -0.05) is 30.7 Å². The van der Waals surface area contributed by atoms with Crippen molar-refractivity contribution in [3.05, 3.63) is 57.2 Å². The molecule has 0 fully saturated rings. The van der Waals surface area contributed by atoms with Gasteiger partial charge < -0.3 is 5.32 Å². The molecule has 3 heteroatoms. The summed E-state index contributed by atoms with van der Waals surface area (Å²) < 4.78 is 0. The van der Waals surface area contributed by atoms with E-state index < -0.39 is 0 Å². The van der Waals surface area contributed by atoms with Gasteiger partial charge in [0.1, 0.15) is 0 Å². The van der Waals surface area contributed by atoms with E-state index in [0.717, 1.165) is 24.5 Å². The molecule has 1 aromatic carbocycles. The molecule has 0 aliphatic rings. The molecule has 0 aliphatic heterocycles. The Balaban J connectivity index is 2.11. The Bertz CT molecular complexity index is 450. The first-order chi connectivity index (χ1) is 8.79. The van der Waals surface area contributed by atoms with Crippen LogP contribution in [0.15, 0.2) is 41.1 Å². The Morgan fingerprint density at radius 3 is 2.61 bits per heavy atom. The molecule has 1 aromatic heterocycles. The molecule has 0 saturated carbocycles. The van der Waals surface area contributed by atoms with Crippen LogP contribution in [-0.4, -0.2) is 13.1 Å². The maximum absolute atomic E-state index is 5.95. The number of thiophene rings is 1. The highest BCUT2D eigenvalue weighted by atomic mass is 35.5. The van der Waals surface area contributed by atoms with E-state index in [2.05, 4.69) is 41.2 Å². The first kappa shape index (κ1) is 13.6. The average Bonchev–Trinajstić information content (AvgIpc) is 2.88. The topological polar surface area (TPSA) is 12.0 Å². The highest BCUT2D eigenvalue weighted by molar-refractivity contribution is 7.07. The predicted octanol–water partition coefficient (Wildman–Crippen LogP) is 4.34. The van der Waals surface area contributed by atoms with Crippen molar-refractivity contribution in [3.8, 4) is 0 Å². The van der Waals surface area contributed by atoms with Crippen LogP contribution in [-0.2, 0) is 6.42 Å². The van der Waals surface area contributed by atoms with Crippen molar-refractivity contribution in [2.45, 2.75) is 19.3 Å². The predicted molar refractivity (Wildman–Crippen MR) is 80.8 cm³/mol. The SMILES string of the molecule is CCNCC(Cc1ccsc1)c1ccc(Cl)cc1. The molecule has 0 saturated heterocycles. The van der Waals surface area contributed by atoms with Gasteiger partial charge >= 0.3 is 0 Å². The van der Waals surface area contributed by atoms with E-state index in [1.165, 1.54) is 11.1 Å². The van der Waals surface area contributed by atoms with Crippen LogP contribution in [0.2, 0.25) is 5.02 Å². The van der Waals surface area contributed by atoms with Crippen molar-refractivity contribution in [1.82, 2.24) is 5.32 Å². The Morgan fingerprint density at radius 2 is 2.00 bits per heavy atom. The molecule has 96 valence electrons. The minimum Gasteiger partial charge on any atom is -0.316 e. The molecule has 2 aromatic rings. The first-order valence-electron chi connectivity index (χ1n) is 6.27. The zero-order valence-electron chi connectivity index (χ0n) is 10.5.